The molecule has 1 heterocycles. The first-order chi connectivity index (χ1) is 9.56. The number of aliphatic hydroxyl groups is 1. The molecule has 20 heavy (non-hydrogen) atoms. The van der Waals surface area contributed by atoms with Crippen LogP contribution in [0.1, 0.15) is 17.5 Å². The molecule has 4 nitrogen and oxygen atoms in total. The SMILES string of the molecule is C=CCOc1c(C(O)c2nccn2C)ccc(F)c1F. The van der Waals surface area contributed by atoms with Gasteiger partial charge in [-0.1, -0.05) is 12.7 Å². The number of ether oxygens (including phenoxy) is 1. The van der Waals surface area contributed by atoms with Crippen LogP contribution >= 0.6 is 0 Å². The second-order valence-corrected chi connectivity index (χ2v) is 4.18. The van der Waals surface area contributed by atoms with E-state index in [-0.39, 0.29) is 17.9 Å². The van der Waals surface area contributed by atoms with Gasteiger partial charge < -0.3 is 14.4 Å². The van der Waals surface area contributed by atoms with Gasteiger partial charge in [0.2, 0.25) is 5.82 Å². The topological polar surface area (TPSA) is 47.3 Å². The van der Waals surface area contributed by atoms with Gasteiger partial charge in [0.15, 0.2) is 11.6 Å². The third kappa shape index (κ3) is 2.55. The minimum atomic E-state index is -1.22. The number of aliphatic hydroxyl groups excluding tert-OH is 1. The predicted octanol–water partition coefficient (Wildman–Crippen LogP) is 2.34. The van der Waals surface area contributed by atoms with Gasteiger partial charge in [0.05, 0.1) is 0 Å². The van der Waals surface area contributed by atoms with E-state index in [1.165, 1.54) is 18.3 Å². The first-order valence-corrected chi connectivity index (χ1v) is 5.93. The Bertz CT molecular complexity index is 626. The Morgan fingerprint density at radius 2 is 2.25 bits per heavy atom. The molecule has 106 valence electrons. The fourth-order valence-corrected chi connectivity index (χ4v) is 1.83. The van der Waals surface area contributed by atoms with Gasteiger partial charge in [-0.25, -0.2) is 9.37 Å². The first kappa shape index (κ1) is 14.2. The molecule has 1 aromatic heterocycles. The fourth-order valence-electron chi connectivity index (χ4n) is 1.83. The van der Waals surface area contributed by atoms with Crippen molar-refractivity contribution in [3.63, 3.8) is 0 Å². The molecule has 6 heteroatoms. The normalized spacial score (nSPS) is 12.2. The number of hydrogen-bond donors (Lipinski definition) is 1. The highest BCUT2D eigenvalue weighted by molar-refractivity contribution is 5.40. The van der Waals surface area contributed by atoms with Crippen LogP contribution < -0.4 is 4.74 Å². The minimum absolute atomic E-state index is 0.000654. The number of imidazole rings is 1. The number of nitrogens with zero attached hydrogens (tertiary/aromatic N) is 2. The highest BCUT2D eigenvalue weighted by Gasteiger charge is 2.23. The third-order valence-corrected chi connectivity index (χ3v) is 2.82. The van der Waals surface area contributed by atoms with Crippen molar-refractivity contribution in [3.05, 3.63) is 60.2 Å². The zero-order valence-electron chi connectivity index (χ0n) is 10.9. The first-order valence-electron chi connectivity index (χ1n) is 5.93. The van der Waals surface area contributed by atoms with E-state index in [1.807, 2.05) is 0 Å². The summed E-state index contributed by atoms with van der Waals surface area (Å²) in [4.78, 5) is 3.99. The van der Waals surface area contributed by atoms with E-state index in [9.17, 15) is 13.9 Å². The summed E-state index contributed by atoms with van der Waals surface area (Å²) in [7, 11) is 1.69. The van der Waals surface area contributed by atoms with E-state index in [2.05, 4.69) is 11.6 Å². The number of rotatable bonds is 5. The summed E-state index contributed by atoms with van der Waals surface area (Å²) in [6.45, 7) is 3.45. The van der Waals surface area contributed by atoms with Crippen molar-refractivity contribution < 1.29 is 18.6 Å². The van der Waals surface area contributed by atoms with Crippen molar-refractivity contribution in [2.24, 2.45) is 7.05 Å². The molecule has 0 fully saturated rings. The van der Waals surface area contributed by atoms with Crippen molar-refractivity contribution >= 4 is 0 Å². The van der Waals surface area contributed by atoms with Gasteiger partial charge in [0.25, 0.3) is 0 Å². The molecule has 1 atom stereocenters. The van der Waals surface area contributed by atoms with Gasteiger partial charge in [-0.2, -0.15) is 4.39 Å². The summed E-state index contributed by atoms with van der Waals surface area (Å²) in [6, 6.07) is 2.22. The molecular formula is C14H14F2N2O2. The average Bonchev–Trinajstić information content (AvgIpc) is 2.86. The summed E-state index contributed by atoms with van der Waals surface area (Å²) in [6.07, 6.45) is 3.33. The van der Waals surface area contributed by atoms with Gasteiger partial charge in [-0.15, -0.1) is 0 Å². The molecule has 2 rings (SSSR count). The summed E-state index contributed by atoms with van der Waals surface area (Å²) in [5, 5.41) is 10.3. The van der Waals surface area contributed by atoms with Crippen molar-refractivity contribution in [1.29, 1.82) is 0 Å². The van der Waals surface area contributed by atoms with E-state index >= 15 is 0 Å². The molecular weight excluding hydrogens is 266 g/mol. The van der Waals surface area contributed by atoms with Crippen LogP contribution in [0, 0.1) is 11.6 Å². The molecule has 0 saturated carbocycles. The minimum Gasteiger partial charge on any atom is -0.486 e. The van der Waals surface area contributed by atoms with Crippen LogP contribution in [0.2, 0.25) is 0 Å². The maximum Gasteiger partial charge on any atom is 0.201 e. The number of aryl methyl sites for hydroxylation is 1. The summed E-state index contributed by atoms with van der Waals surface area (Å²) >= 11 is 0. The second-order valence-electron chi connectivity index (χ2n) is 4.18. The fraction of sp³-hybridized carbons (Fsp3) is 0.214. The zero-order chi connectivity index (χ0) is 14.7. The van der Waals surface area contributed by atoms with E-state index < -0.39 is 17.7 Å². The van der Waals surface area contributed by atoms with Crippen molar-refractivity contribution in [2.45, 2.75) is 6.10 Å². The molecule has 0 radical (unpaired) electrons. The Morgan fingerprint density at radius 1 is 1.50 bits per heavy atom. The molecule has 0 aliphatic heterocycles. The van der Waals surface area contributed by atoms with Crippen LogP contribution in [0.4, 0.5) is 8.78 Å². The van der Waals surface area contributed by atoms with Crippen LogP contribution in [-0.4, -0.2) is 21.3 Å². The van der Waals surface area contributed by atoms with Gasteiger partial charge in [-0.05, 0) is 12.1 Å². The molecule has 0 saturated heterocycles. The van der Waals surface area contributed by atoms with E-state index in [4.69, 9.17) is 4.74 Å². The molecule has 0 bridgehead atoms. The van der Waals surface area contributed by atoms with E-state index in [1.54, 1.807) is 17.8 Å². The van der Waals surface area contributed by atoms with E-state index in [0.29, 0.717) is 5.82 Å². The molecule has 0 spiro atoms. The molecule has 1 unspecified atom stereocenters. The third-order valence-electron chi connectivity index (χ3n) is 2.82. The van der Waals surface area contributed by atoms with E-state index in [0.717, 1.165) is 6.07 Å². The highest BCUT2D eigenvalue weighted by Crippen LogP contribution is 2.32. The number of hydrogen-bond acceptors (Lipinski definition) is 3. The predicted molar refractivity (Wildman–Crippen MR) is 69.3 cm³/mol. The largest absolute Gasteiger partial charge is 0.486 e. The average molecular weight is 280 g/mol. The lowest BCUT2D eigenvalue weighted by molar-refractivity contribution is 0.197. The molecule has 0 aliphatic rings. The Kier molecular flexibility index (Phi) is 4.14. The Labute approximate surface area is 115 Å². The number of aromatic nitrogens is 2. The molecule has 1 aromatic carbocycles. The second kappa shape index (κ2) is 5.83. The molecule has 1 N–H and O–H groups in total. The Hall–Kier alpha value is -2.21. The van der Waals surface area contributed by atoms with Gasteiger partial charge in [-0.3, -0.25) is 0 Å². The summed E-state index contributed by atoms with van der Waals surface area (Å²) < 4.78 is 33.8. The number of halogens is 2. The Morgan fingerprint density at radius 3 is 2.85 bits per heavy atom. The van der Waals surface area contributed by atoms with Crippen molar-refractivity contribution in [3.8, 4) is 5.75 Å². The zero-order valence-corrected chi connectivity index (χ0v) is 10.9. The maximum atomic E-state index is 13.8. The number of benzene rings is 1. The van der Waals surface area contributed by atoms with Gasteiger partial charge in [0, 0.05) is 25.0 Å². The Balaban J connectivity index is 2.47. The van der Waals surface area contributed by atoms with Crippen LogP contribution in [0.3, 0.4) is 0 Å². The monoisotopic (exact) mass is 280 g/mol. The summed E-state index contributed by atoms with van der Waals surface area (Å²) in [5.74, 6) is -2.21. The van der Waals surface area contributed by atoms with Gasteiger partial charge >= 0.3 is 0 Å². The maximum absolute atomic E-state index is 13.8. The van der Waals surface area contributed by atoms with Crippen LogP contribution in [0.25, 0.3) is 0 Å². The van der Waals surface area contributed by atoms with Gasteiger partial charge in [0.1, 0.15) is 18.5 Å². The lowest BCUT2D eigenvalue weighted by Crippen LogP contribution is -2.11. The molecule has 0 aliphatic carbocycles. The smallest absolute Gasteiger partial charge is 0.201 e. The lowest BCUT2D eigenvalue weighted by Gasteiger charge is -2.16. The summed E-state index contributed by atoms with van der Waals surface area (Å²) in [5.41, 5.74) is 0.111. The van der Waals surface area contributed by atoms with Crippen LogP contribution in [0.15, 0.2) is 37.2 Å². The standard InChI is InChI=1S/C14H14F2N2O2/c1-3-8-20-13-9(4-5-10(15)11(13)16)12(19)14-17-6-7-18(14)2/h3-7,12,19H,1,8H2,2H3. The van der Waals surface area contributed by atoms with Crippen LogP contribution in [-0.2, 0) is 7.05 Å². The lowest BCUT2D eigenvalue weighted by atomic mass is 10.1. The highest BCUT2D eigenvalue weighted by atomic mass is 19.2. The molecule has 0 amide bonds. The van der Waals surface area contributed by atoms with Crippen molar-refractivity contribution in [1.82, 2.24) is 9.55 Å². The quantitative estimate of drug-likeness (QED) is 0.855. The van der Waals surface area contributed by atoms with Crippen LogP contribution in [0.5, 0.6) is 5.75 Å². The molecule has 2 aromatic rings. The van der Waals surface area contributed by atoms with Crippen molar-refractivity contribution in [2.75, 3.05) is 6.61 Å².